The lowest BCUT2D eigenvalue weighted by molar-refractivity contribution is -0.123. The predicted octanol–water partition coefficient (Wildman–Crippen LogP) is 3.57. The molecule has 1 amide bonds. The molecule has 2 N–H and O–H groups in total. The smallest absolute Gasteiger partial charge is 0.229 e. The van der Waals surface area contributed by atoms with E-state index in [4.69, 9.17) is 0 Å². The molecule has 4 nitrogen and oxygen atoms in total. The number of aromatic nitrogens is 1. The topological polar surface area (TPSA) is 54.0 Å². The van der Waals surface area contributed by atoms with Crippen molar-refractivity contribution in [1.29, 1.82) is 0 Å². The second kappa shape index (κ2) is 7.38. The Hall–Kier alpha value is -2.20. The third-order valence-corrected chi connectivity index (χ3v) is 3.83. The first-order valence-electron chi connectivity index (χ1n) is 7.88. The molecule has 1 atom stereocenters. The largest absolute Gasteiger partial charge is 0.325 e. The summed E-state index contributed by atoms with van der Waals surface area (Å²) in [5.41, 5.74) is 2.75. The van der Waals surface area contributed by atoms with E-state index in [9.17, 15) is 4.79 Å². The molecule has 2 aromatic rings. The van der Waals surface area contributed by atoms with Crippen LogP contribution in [0.25, 0.3) is 0 Å². The van der Waals surface area contributed by atoms with Crippen LogP contribution in [0.4, 0.5) is 5.69 Å². The fourth-order valence-corrected chi connectivity index (χ4v) is 2.33. The van der Waals surface area contributed by atoms with Crippen molar-refractivity contribution in [2.24, 2.45) is 5.41 Å². The molecular weight excluding hydrogens is 286 g/mol. The van der Waals surface area contributed by atoms with E-state index < -0.39 is 5.41 Å². The second-order valence-corrected chi connectivity index (χ2v) is 6.69. The van der Waals surface area contributed by atoms with E-state index in [2.05, 4.69) is 21.7 Å². The Balaban J connectivity index is 2.21. The zero-order chi connectivity index (χ0) is 16.9. The van der Waals surface area contributed by atoms with Crippen molar-refractivity contribution < 1.29 is 4.79 Å². The maximum absolute atomic E-state index is 12.3. The van der Waals surface area contributed by atoms with E-state index >= 15 is 0 Å². The minimum atomic E-state index is -0.416. The predicted molar refractivity (Wildman–Crippen MR) is 94.3 cm³/mol. The van der Waals surface area contributed by atoms with Gasteiger partial charge in [-0.05, 0) is 42.8 Å². The quantitative estimate of drug-likeness (QED) is 0.887. The zero-order valence-corrected chi connectivity index (χ0v) is 14.3. The molecule has 0 bridgehead atoms. The Morgan fingerprint density at radius 3 is 2.39 bits per heavy atom. The first kappa shape index (κ1) is 17.2. The second-order valence-electron chi connectivity index (χ2n) is 6.69. The minimum Gasteiger partial charge on any atom is -0.325 e. The van der Waals surface area contributed by atoms with E-state index in [0.29, 0.717) is 0 Å². The Morgan fingerprint density at radius 1 is 1.13 bits per heavy atom. The summed E-state index contributed by atoms with van der Waals surface area (Å²) in [6.07, 6.45) is 4.39. The van der Waals surface area contributed by atoms with Crippen molar-refractivity contribution in [2.75, 3.05) is 12.4 Å². The van der Waals surface area contributed by atoms with Crippen LogP contribution in [0.2, 0.25) is 0 Å². The van der Waals surface area contributed by atoms with Gasteiger partial charge < -0.3 is 10.6 Å². The third-order valence-electron chi connectivity index (χ3n) is 3.83. The number of para-hydroxylation sites is 1. The van der Waals surface area contributed by atoms with Gasteiger partial charge in [-0.2, -0.15) is 0 Å². The van der Waals surface area contributed by atoms with Crippen LogP contribution in [-0.2, 0) is 11.2 Å². The lowest BCUT2D eigenvalue weighted by atomic mass is 9.94. The van der Waals surface area contributed by atoms with Crippen LogP contribution in [0, 0.1) is 5.41 Å². The fraction of sp³-hybridized carbons (Fsp3) is 0.368. The van der Waals surface area contributed by atoms with Crippen LogP contribution < -0.4 is 10.6 Å². The molecule has 0 saturated heterocycles. The summed E-state index contributed by atoms with van der Waals surface area (Å²) in [6, 6.07) is 12.2. The molecule has 122 valence electrons. The van der Waals surface area contributed by atoms with Gasteiger partial charge in [-0.1, -0.05) is 39.0 Å². The summed E-state index contributed by atoms with van der Waals surface area (Å²) in [5, 5.41) is 6.39. The van der Waals surface area contributed by atoms with Crippen molar-refractivity contribution >= 4 is 11.6 Å². The molecule has 1 heterocycles. The number of nitrogens with zero attached hydrogens (tertiary/aromatic N) is 1. The molecule has 0 aliphatic rings. The average Bonchev–Trinajstić information content (AvgIpc) is 2.54. The fourth-order valence-electron chi connectivity index (χ4n) is 2.33. The number of hydrogen-bond acceptors (Lipinski definition) is 3. The molecular formula is C19H25N3O. The van der Waals surface area contributed by atoms with Crippen LogP contribution in [0.1, 0.15) is 37.9 Å². The number of nitrogens with one attached hydrogen (secondary N) is 2. The molecule has 0 fully saturated rings. The number of pyridine rings is 1. The number of hydrogen-bond donors (Lipinski definition) is 2. The van der Waals surface area contributed by atoms with Crippen LogP contribution >= 0.6 is 0 Å². The maximum Gasteiger partial charge on any atom is 0.229 e. The van der Waals surface area contributed by atoms with Crippen molar-refractivity contribution in [3.05, 3.63) is 59.9 Å². The Labute approximate surface area is 138 Å². The van der Waals surface area contributed by atoms with E-state index in [0.717, 1.165) is 17.7 Å². The third kappa shape index (κ3) is 4.63. The van der Waals surface area contributed by atoms with Crippen molar-refractivity contribution in [2.45, 2.75) is 33.2 Å². The molecule has 0 aliphatic carbocycles. The molecule has 0 saturated carbocycles. The zero-order valence-electron chi connectivity index (χ0n) is 14.3. The van der Waals surface area contributed by atoms with Crippen molar-refractivity contribution in [3.8, 4) is 0 Å². The van der Waals surface area contributed by atoms with Gasteiger partial charge in [-0.25, -0.2) is 0 Å². The molecule has 0 aliphatic heterocycles. The van der Waals surface area contributed by atoms with Crippen LogP contribution in [0.15, 0.2) is 48.8 Å². The highest BCUT2D eigenvalue weighted by Crippen LogP contribution is 2.25. The summed E-state index contributed by atoms with van der Waals surface area (Å²) >= 11 is 0. The summed E-state index contributed by atoms with van der Waals surface area (Å²) in [6.45, 7) is 5.74. The number of amides is 1. The normalized spacial score (nSPS) is 12.7. The summed E-state index contributed by atoms with van der Waals surface area (Å²) in [4.78, 5) is 16.3. The van der Waals surface area contributed by atoms with Crippen molar-refractivity contribution in [3.63, 3.8) is 0 Å². The summed E-state index contributed by atoms with van der Waals surface area (Å²) in [7, 11) is 1.95. The Kier molecular flexibility index (Phi) is 5.50. The van der Waals surface area contributed by atoms with E-state index in [1.807, 2.05) is 58.2 Å². The highest BCUT2D eigenvalue weighted by atomic mass is 16.2. The van der Waals surface area contributed by atoms with Gasteiger partial charge in [-0.3, -0.25) is 9.78 Å². The monoisotopic (exact) mass is 311 g/mol. The van der Waals surface area contributed by atoms with Crippen LogP contribution in [0.5, 0.6) is 0 Å². The van der Waals surface area contributed by atoms with Gasteiger partial charge in [-0.15, -0.1) is 0 Å². The first-order valence-corrected chi connectivity index (χ1v) is 7.88. The Morgan fingerprint density at radius 2 is 1.78 bits per heavy atom. The van der Waals surface area contributed by atoms with E-state index in [1.54, 1.807) is 12.4 Å². The van der Waals surface area contributed by atoms with Gasteiger partial charge in [0.25, 0.3) is 0 Å². The van der Waals surface area contributed by atoms with Gasteiger partial charge in [0.1, 0.15) is 0 Å². The molecule has 1 unspecified atom stereocenters. The van der Waals surface area contributed by atoms with Crippen molar-refractivity contribution in [1.82, 2.24) is 10.3 Å². The van der Waals surface area contributed by atoms with Gasteiger partial charge in [0, 0.05) is 29.5 Å². The summed E-state index contributed by atoms with van der Waals surface area (Å²) < 4.78 is 0. The molecule has 0 spiro atoms. The van der Waals surface area contributed by atoms with Crippen LogP contribution in [0.3, 0.4) is 0 Å². The SMILES string of the molecule is CNC(Cc1ccccc1NC(=O)C(C)(C)C)c1ccncc1. The van der Waals surface area contributed by atoms with Gasteiger partial charge in [0.05, 0.1) is 0 Å². The van der Waals surface area contributed by atoms with Gasteiger partial charge in [0.15, 0.2) is 0 Å². The molecule has 1 aromatic carbocycles. The van der Waals surface area contributed by atoms with E-state index in [-0.39, 0.29) is 11.9 Å². The number of carbonyl (C=O) groups excluding carboxylic acids is 1. The number of likely N-dealkylation sites (N-methyl/N-ethyl adjacent to an activating group) is 1. The molecule has 23 heavy (non-hydrogen) atoms. The first-order chi connectivity index (χ1) is 10.9. The Bertz CT molecular complexity index is 647. The number of anilines is 1. The number of rotatable bonds is 5. The van der Waals surface area contributed by atoms with Gasteiger partial charge >= 0.3 is 0 Å². The molecule has 2 rings (SSSR count). The highest BCUT2D eigenvalue weighted by molar-refractivity contribution is 5.95. The average molecular weight is 311 g/mol. The number of carbonyl (C=O) groups is 1. The lowest BCUT2D eigenvalue weighted by Gasteiger charge is -2.22. The molecule has 0 radical (unpaired) electrons. The minimum absolute atomic E-state index is 0.0230. The molecule has 4 heteroatoms. The molecule has 1 aromatic heterocycles. The lowest BCUT2D eigenvalue weighted by Crippen LogP contribution is -2.28. The maximum atomic E-state index is 12.3. The van der Waals surface area contributed by atoms with Gasteiger partial charge in [0.2, 0.25) is 5.91 Å². The highest BCUT2D eigenvalue weighted by Gasteiger charge is 2.22. The standard InChI is InChI=1S/C19H25N3O/c1-19(2,3)18(23)22-16-8-6-5-7-15(16)13-17(20-4)14-9-11-21-12-10-14/h5-12,17,20H,13H2,1-4H3,(H,22,23). The summed E-state index contributed by atoms with van der Waals surface area (Å²) in [5.74, 6) is 0.0230. The van der Waals surface area contributed by atoms with Crippen LogP contribution in [-0.4, -0.2) is 17.9 Å². The number of benzene rings is 1. The van der Waals surface area contributed by atoms with E-state index in [1.165, 1.54) is 5.56 Å².